The van der Waals surface area contributed by atoms with E-state index in [-0.39, 0.29) is 5.75 Å². The predicted molar refractivity (Wildman–Crippen MR) is 67.5 cm³/mol. The number of benzene rings is 1. The van der Waals surface area contributed by atoms with Gasteiger partial charge in [-0.15, -0.1) is 0 Å². The maximum atomic E-state index is 9.37. The molecule has 1 aromatic heterocycles. The third kappa shape index (κ3) is 3.56. The number of aromatic nitrogens is 2. The quantitative estimate of drug-likeness (QED) is 0.757. The zero-order chi connectivity index (χ0) is 12.8. The minimum Gasteiger partial charge on any atom is -0.508 e. The molecule has 0 saturated heterocycles. The van der Waals surface area contributed by atoms with Crippen LogP contribution in [0.1, 0.15) is 23.7 Å². The van der Waals surface area contributed by atoms with E-state index in [1.807, 2.05) is 13.1 Å². The SMILES string of the molecule is CNCCCc1noc(Cc2cccc(O)c2)n1. The van der Waals surface area contributed by atoms with Crippen LogP contribution in [0, 0.1) is 0 Å². The summed E-state index contributed by atoms with van der Waals surface area (Å²) in [5.41, 5.74) is 0.959. The first-order valence-corrected chi connectivity index (χ1v) is 6.02. The summed E-state index contributed by atoms with van der Waals surface area (Å²) >= 11 is 0. The molecule has 1 aromatic carbocycles. The molecule has 96 valence electrons. The molecule has 2 aromatic rings. The molecule has 2 N–H and O–H groups in total. The van der Waals surface area contributed by atoms with Gasteiger partial charge >= 0.3 is 0 Å². The predicted octanol–water partition coefficient (Wildman–Crippen LogP) is 1.52. The highest BCUT2D eigenvalue weighted by atomic mass is 16.5. The van der Waals surface area contributed by atoms with Crippen LogP contribution < -0.4 is 5.32 Å². The van der Waals surface area contributed by atoms with Crippen molar-refractivity contribution in [2.45, 2.75) is 19.3 Å². The molecule has 0 spiro atoms. The molecule has 0 aliphatic carbocycles. The second-order valence-corrected chi connectivity index (χ2v) is 4.16. The number of phenols is 1. The summed E-state index contributed by atoms with van der Waals surface area (Å²) in [6.07, 6.45) is 2.35. The van der Waals surface area contributed by atoms with Gasteiger partial charge in [0, 0.05) is 6.42 Å². The lowest BCUT2D eigenvalue weighted by molar-refractivity contribution is 0.378. The van der Waals surface area contributed by atoms with Gasteiger partial charge in [-0.1, -0.05) is 17.3 Å². The zero-order valence-corrected chi connectivity index (χ0v) is 10.4. The van der Waals surface area contributed by atoms with Crippen LogP contribution >= 0.6 is 0 Å². The first kappa shape index (κ1) is 12.6. The Hall–Kier alpha value is -1.88. The lowest BCUT2D eigenvalue weighted by Crippen LogP contribution is -2.08. The van der Waals surface area contributed by atoms with Gasteiger partial charge in [-0.3, -0.25) is 0 Å². The van der Waals surface area contributed by atoms with Crippen molar-refractivity contribution >= 4 is 0 Å². The smallest absolute Gasteiger partial charge is 0.231 e. The molecule has 0 radical (unpaired) electrons. The fourth-order valence-electron chi connectivity index (χ4n) is 1.73. The second kappa shape index (κ2) is 6.16. The Morgan fingerprint density at radius 2 is 2.28 bits per heavy atom. The number of rotatable bonds is 6. The molecule has 0 fully saturated rings. The van der Waals surface area contributed by atoms with Crippen molar-refractivity contribution in [2.24, 2.45) is 0 Å². The lowest BCUT2D eigenvalue weighted by atomic mass is 10.1. The summed E-state index contributed by atoms with van der Waals surface area (Å²) in [6.45, 7) is 0.941. The van der Waals surface area contributed by atoms with Gasteiger partial charge in [-0.05, 0) is 37.7 Å². The number of aryl methyl sites for hydroxylation is 1. The van der Waals surface area contributed by atoms with Crippen LogP contribution in [0.3, 0.4) is 0 Å². The maximum Gasteiger partial charge on any atom is 0.231 e. The third-order valence-corrected chi connectivity index (χ3v) is 2.60. The first-order chi connectivity index (χ1) is 8.78. The van der Waals surface area contributed by atoms with Crippen molar-refractivity contribution in [3.8, 4) is 5.75 Å². The standard InChI is InChI=1S/C13H17N3O2/c1-14-7-3-6-12-15-13(18-16-12)9-10-4-2-5-11(17)8-10/h2,4-5,8,14,17H,3,6-7,9H2,1H3. The van der Waals surface area contributed by atoms with Crippen molar-refractivity contribution in [1.82, 2.24) is 15.5 Å². The van der Waals surface area contributed by atoms with E-state index in [4.69, 9.17) is 4.52 Å². The monoisotopic (exact) mass is 247 g/mol. The Morgan fingerprint density at radius 1 is 1.39 bits per heavy atom. The fourth-order valence-corrected chi connectivity index (χ4v) is 1.73. The van der Waals surface area contributed by atoms with E-state index in [9.17, 15) is 5.11 Å². The molecule has 0 aliphatic rings. The first-order valence-electron chi connectivity index (χ1n) is 6.02. The molecule has 5 heteroatoms. The van der Waals surface area contributed by atoms with Crippen LogP contribution in [-0.2, 0) is 12.8 Å². The summed E-state index contributed by atoms with van der Waals surface area (Å²) in [7, 11) is 1.92. The summed E-state index contributed by atoms with van der Waals surface area (Å²) in [5, 5.41) is 16.4. The Bertz CT molecular complexity index is 496. The second-order valence-electron chi connectivity index (χ2n) is 4.16. The maximum absolute atomic E-state index is 9.37. The molecule has 0 unspecified atom stereocenters. The van der Waals surface area contributed by atoms with Gasteiger partial charge in [-0.2, -0.15) is 4.98 Å². The van der Waals surface area contributed by atoms with Crippen molar-refractivity contribution in [2.75, 3.05) is 13.6 Å². The average molecular weight is 247 g/mol. The molecule has 18 heavy (non-hydrogen) atoms. The number of aromatic hydroxyl groups is 1. The van der Waals surface area contributed by atoms with Crippen molar-refractivity contribution in [3.05, 3.63) is 41.5 Å². The van der Waals surface area contributed by atoms with Crippen LogP contribution in [0.5, 0.6) is 5.75 Å². The van der Waals surface area contributed by atoms with Gasteiger partial charge in [0.05, 0.1) is 6.42 Å². The molecule has 2 rings (SSSR count). The van der Waals surface area contributed by atoms with Crippen molar-refractivity contribution in [3.63, 3.8) is 0 Å². The topological polar surface area (TPSA) is 71.2 Å². The van der Waals surface area contributed by atoms with Crippen LogP contribution in [0.15, 0.2) is 28.8 Å². The van der Waals surface area contributed by atoms with Crippen LogP contribution in [0.25, 0.3) is 0 Å². The van der Waals surface area contributed by atoms with Gasteiger partial charge < -0.3 is 14.9 Å². The zero-order valence-electron chi connectivity index (χ0n) is 10.4. The van der Waals surface area contributed by atoms with Crippen LogP contribution in [0.4, 0.5) is 0 Å². The summed E-state index contributed by atoms with van der Waals surface area (Å²) in [6, 6.07) is 7.06. The Balaban J connectivity index is 1.94. The van der Waals surface area contributed by atoms with E-state index in [1.54, 1.807) is 18.2 Å². The lowest BCUT2D eigenvalue weighted by Gasteiger charge is -1.97. The summed E-state index contributed by atoms with van der Waals surface area (Å²) < 4.78 is 5.18. The molecule has 0 bridgehead atoms. The molecule has 0 amide bonds. The Kier molecular flexibility index (Phi) is 4.30. The van der Waals surface area contributed by atoms with Gasteiger partial charge in [-0.25, -0.2) is 0 Å². The highest BCUT2D eigenvalue weighted by Gasteiger charge is 2.07. The molecule has 0 aliphatic heterocycles. The van der Waals surface area contributed by atoms with Crippen LogP contribution in [0.2, 0.25) is 0 Å². The largest absolute Gasteiger partial charge is 0.508 e. The molecule has 5 nitrogen and oxygen atoms in total. The van der Waals surface area contributed by atoms with E-state index in [1.165, 1.54) is 0 Å². The molecule has 1 heterocycles. The minimum absolute atomic E-state index is 0.251. The van der Waals surface area contributed by atoms with Gasteiger partial charge in [0.25, 0.3) is 0 Å². The van der Waals surface area contributed by atoms with Crippen molar-refractivity contribution in [1.29, 1.82) is 0 Å². The summed E-state index contributed by atoms with van der Waals surface area (Å²) in [4.78, 5) is 4.32. The van der Waals surface area contributed by atoms with Gasteiger partial charge in [0.2, 0.25) is 5.89 Å². The molecule has 0 saturated carbocycles. The number of nitrogens with zero attached hydrogens (tertiary/aromatic N) is 2. The Labute approximate surface area is 106 Å². The fraction of sp³-hybridized carbons (Fsp3) is 0.385. The average Bonchev–Trinajstić information content (AvgIpc) is 2.77. The number of hydrogen-bond donors (Lipinski definition) is 2. The molecular weight excluding hydrogens is 230 g/mol. The number of nitrogens with one attached hydrogen (secondary N) is 1. The molecular formula is C13H17N3O2. The number of phenolic OH excluding ortho intramolecular Hbond substituents is 1. The van der Waals surface area contributed by atoms with Gasteiger partial charge in [0.15, 0.2) is 5.82 Å². The highest BCUT2D eigenvalue weighted by molar-refractivity contribution is 5.28. The Morgan fingerprint density at radius 3 is 3.06 bits per heavy atom. The van der Waals surface area contributed by atoms with E-state index in [2.05, 4.69) is 15.5 Å². The normalized spacial score (nSPS) is 10.7. The third-order valence-electron chi connectivity index (χ3n) is 2.60. The highest BCUT2D eigenvalue weighted by Crippen LogP contribution is 2.14. The summed E-state index contributed by atoms with van der Waals surface area (Å²) in [5.74, 6) is 1.57. The number of hydrogen-bond acceptors (Lipinski definition) is 5. The van der Waals surface area contributed by atoms with E-state index < -0.39 is 0 Å². The molecule has 0 atom stereocenters. The van der Waals surface area contributed by atoms with E-state index in [0.29, 0.717) is 12.3 Å². The van der Waals surface area contributed by atoms with E-state index >= 15 is 0 Å². The van der Waals surface area contributed by atoms with E-state index in [0.717, 1.165) is 30.8 Å². The van der Waals surface area contributed by atoms with Crippen LogP contribution in [-0.4, -0.2) is 28.8 Å². The van der Waals surface area contributed by atoms with Crippen molar-refractivity contribution < 1.29 is 9.63 Å². The minimum atomic E-state index is 0.251. The van der Waals surface area contributed by atoms with Gasteiger partial charge in [0.1, 0.15) is 5.75 Å².